The standard InChI is InChI=1S/C12H15N3O2/c1-3-11(16)15-6-5-10-9(7-15)12(17-4-2)14-8-13-10/h3,8H,1,4-7H2,2H3. The molecule has 5 nitrogen and oxygen atoms in total. The minimum Gasteiger partial charge on any atom is -0.478 e. The van der Waals surface area contributed by atoms with E-state index in [2.05, 4.69) is 16.5 Å². The lowest BCUT2D eigenvalue weighted by Crippen LogP contribution is -2.35. The van der Waals surface area contributed by atoms with Crippen molar-refractivity contribution in [3.05, 3.63) is 30.2 Å². The molecule has 0 N–H and O–H groups in total. The van der Waals surface area contributed by atoms with Crippen LogP contribution in [-0.4, -0.2) is 33.9 Å². The molecule has 1 aliphatic heterocycles. The molecule has 0 saturated carbocycles. The van der Waals surface area contributed by atoms with Gasteiger partial charge in [-0.05, 0) is 13.0 Å². The molecule has 2 rings (SSSR count). The zero-order valence-corrected chi connectivity index (χ0v) is 9.85. The summed E-state index contributed by atoms with van der Waals surface area (Å²) in [6.45, 7) is 7.12. The topological polar surface area (TPSA) is 55.3 Å². The van der Waals surface area contributed by atoms with Gasteiger partial charge in [0.05, 0.1) is 24.4 Å². The first-order valence-electron chi connectivity index (χ1n) is 5.63. The normalized spacial score (nSPS) is 14.1. The van der Waals surface area contributed by atoms with E-state index in [4.69, 9.17) is 4.74 Å². The summed E-state index contributed by atoms with van der Waals surface area (Å²) in [7, 11) is 0. The third-order valence-corrected chi connectivity index (χ3v) is 2.73. The zero-order chi connectivity index (χ0) is 12.3. The molecule has 0 radical (unpaired) electrons. The van der Waals surface area contributed by atoms with Crippen LogP contribution in [0.4, 0.5) is 0 Å². The average molecular weight is 233 g/mol. The van der Waals surface area contributed by atoms with Crippen LogP contribution < -0.4 is 4.74 Å². The highest BCUT2D eigenvalue weighted by atomic mass is 16.5. The molecule has 0 spiro atoms. The van der Waals surface area contributed by atoms with Gasteiger partial charge in [0.25, 0.3) is 0 Å². The number of aromatic nitrogens is 2. The molecule has 0 atom stereocenters. The summed E-state index contributed by atoms with van der Waals surface area (Å²) in [5.74, 6) is 0.515. The number of nitrogens with zero attached hydrogens (tertiary/aromatic N) is 3. The van der Waals surface area contributed by atoms with Crippen molar-refractivity contribution in [3.8, 4) is 5.88 Å². The summed E-state index contributed by atoms with van der Waals surface area (Å²) in [6.07, 6.45) is 3.57. The molecule has 0 aromatic carbocycles. The fraction of sp³-hybridized carbons (Fsp3) is 0.417. The Bertz CT molecular complexity index is 445. The van der Waals surface area contributed by atoms with E-state index in [0.29, 0.717) is 25.6 Å². The Labute approximate surface area is 100 Å². The third kappa shape index (κ3) is 2.27. The Hall–Kier alpha value is -1.91. The first-order chi connectivity index (χ1) is 8.26. The van der Waals surface area contributed by atoms with Gasteiger partial charge in [-0.3, -0.25) is 4.79 Å². The Kier molecular flexibility index (Phi) is 3.37. The van der Waals surface area contributed by atoms with Gasteiger partial charge in [-0.25, -0.2) is 9.97 Å². The predicted octanol–water partition coefficient (Wildman–Crippen LogP) is 0.946. The molecule has 1 aliphatic rings. The van der Waals surface area contributed by atoms with Crippen molar-refractivity contribution in [1.29, 1.82) is 0 Å². The highest BCUT2D eigenvalue weighted by molar-refractivity contribution is 5.87. The van der Waals surface area contributed by atoms with Gasteiger partial charge in [0.15, 0.2) is 0 Å². The van der Waals surface area contributed by atoms with Crippen molar-refractivity contribution < 1.29 is 9.53 Å². The summed E-state index contributed by atoms with van der Waals surface area (Å²) < 4.78 is 5.45. The van der Waals surface area contributed by atoms with Crippen LogP contribution in [0.3, 0.4) is 0 Å². The zero-order valence-electron chi connectivity index (χ0n) is 9.85. The lowest BCUT2D eigenvalue weighted by molar-refractivity contribution is -0.126. The number of ether oxygens (including phenoxy) is 1. The number of fused-ring (bicyclic) bond motifs is 1. The summed E-state index contributed by atoms with van der Waals surface area (Å²) in [6, 6.07) is 0. The van der Waals surface area contributed by atoms with E-state index >= 15 is 0 Å². The van der Waals surface area contributed by atoms with Gasteiger partial charge in [0.2, 0.25) is 11.8 Å². The highest BCUT2D eigenvalue weighted by Gasteiger charge is 2.23. The average Bonchev–Trinajstić information content (AvgIpc) is 2.38. The van der Waals surface area contributed by atoms with E-state index in [1.807, 2.05) is 6.92 Å². The first kappa shape index (κ1) is 11.6. The van der Waals surface area contributed by atoms with Gasteiger partial charge in [0.1, 0.15) is 6.33 Å². The van der Waals surface area contributed by atoms with Gasteiger partial charge >= 0.3 is 0 Å². The van der Waals surface area contributed by atoms with Crippen molar-refractivity contribution in [3.63, 3.8) is 0 Å². The molecule has 1 aromatic heterocycles. The Balaban J connectivity index is 2.28. The van der Waals surface area contributed by atoms with Gasteiger partial charge in [-0.1, -0.05) is 6.58 Å². The molecule has 5 heteroatoms. The molecule has 90 valence electrons. The Morgan fingerprint density at radius 1 is 1.65 bits per heavy atom. The van der Waals surface area contributed by atoms with E-state index < -0.39 is 0 Å². The fourth-order valence-corrected chi connectivity index (χ4v) is 1.89. The third-order valence-electron chi connectivity index (χ3n) is 2.73. The SMILES string of the molecule is C=CC(=O)N1CCc2ncnc(OCC)c2C1. The minimum absolute atomic E-state index is 0.0676. The predicted molar refractivity (Wildman–Crippen MR) is 62.5 cm³/mol. The lowest BCUT2D eigenvalue weighted by atomic mass is 10.1. The first-order valence-corrected chi connectivity index (χ1v) is 5.63. The molecular weight excluding hydrogens is 218 g/mol. The van der Waals surface area contributed by atoms with E-state index in [1.54, 1.807) is 4.90 Å². The van der Waals surface area contributed by atoms with E-state index in [-0.39, 0.29) is 5.91 Å². The second kappa shape index (κ2) is 4.95. The van der Waals surface area contributed by atoms with Crippen molar-refractivity contribution in [2.24, 2.45) is 0 Å². The van der Waals surface area contributed by atoms with E-state index in [0.717, 1.165) is 17.7 Å². The minimum atomic E-state index is -0.0676. The highest BCUT2D eigenvalue weighted by Crippen LogP contribution is 2.24. The fourth-order valence-electron chi connectivity index (χ4n) is 1.89. The van der Waals surface area contributed by atoms with E-state index in [9.17, 15) is 4.79 Å². The van der Waals surface area contributed by atoms with Crippen LogP contribution in [0, 0.1) is 0 Å². The number of carbonyl (C=O) groups excluding carboxylic acids is 1. The van der Waals surface area contributed by atoms with Crippen molar-refractivity contribution in [1.82, 2.24) is 14.9 Å². The van der Waals surface area contributed by atoms with Crippen LogP contribution in [0.1, 0.15) is 18.2 Å². The Morgan fingerprint density at radius 2 is 2.47 bits per heavy atom. The largest absolute Gasteiger partial charge is 0.478 e. The van der Waals surface area contributed by atoms with Crippen molar-refractivity contribution in [2.45, 2.75) is 19.9 Å². The molecule has 1 amide bonds. The van der Waals surface area contributed by atoms with Crippen LogP contribution in [0.2, 0.25) is 0 Å². The molecule has 17 heavy (non-hydrogen) atoms. The monoisotopic (exact) mass is 233 g/mol. The van der Waals surface area contributed by atoms with Crippen LogP contribution >= 0.6 is 0 Å². The summed E-state index contributed by atoms with van der Waals surface area (Å²) in [5, 5.41) is 0. The second-order valence-electron chi connectivity index (χ2n) is 3.75. The number of amides is 1. The number of rotatable bonds is 3. The molecule has 0 aliphatic carbocycles. The molecular formula is C12H15N3O2. The molecule has 0 fully saturated rings. The van der Waals surface area contributed by atoms with Crippen LogP contribution in [0.5, 0.6) is 5.88 Å². The van der Waals surface area contributed by atoms with Crippen LogP contribution in [-0.2, 0) is 17.8 Å². The van der Waals surface area contributed by atoms with Crippen molar-refractivity contribution >= 4 is 5.91 Å². The van der Waals surface area contributed by atoms with Gasteiger partial charge in [0, 0.05) is 13.0 Å². The molecule has 2 heterocycles. The smallest absolute Gasteiger partial charge is 0.246 e. The van der Waals surface area contributed by atoms with Gasteiger partial charge < -0.3 is 9.64 Å². The quantitative estimate of drug-likeness (QED) is 0.729. The van der Waals surface area contributed by atoms with Gasteiger partial charge in [-0.2, -0.15) is 0 Å². The molecule has 1 aromatic rings. The maximum Gasteiger partial charge on any atom is 0.246 e. The summed E-state index contributed by atoms with van der Waals surface area (Å²) in [4.78, 5) is 21.6. The molecule has 0 unspecified atom stereocenters. The van der Waals surface area contributed by atoms with Gasteiger partial charge in [-0.15, -0.1) is 0 Å². The number of hydrogen-bond donors (Lipinski definition) is 0. The Morgan fingerprint density at radius 3 is 3.18 bits per heavy atom. The maximum atomic E-state index is 11.6. The second-order valence-corrected chi connectivity index (χ2v) is 3.75. The number of hydrogen-bond acceptors (Lipinski definition) is 4. The summed E-state index contributed by atoms with van der Waals surface area (Å²) >= 11 is 0. The lowest BCUT2D eigenvalue weighted by Gasteiger charge is -2.27. The number of carbonyl (C=O) groups is 1. The molecule has 0 bridgehead atoms. The summed E-state index contributed by atoms with van der Waals surface area (Å²) in [5.41, 5.74) is 1.88. The van der Waals surface area contributed by atoms with Crippen LogP contribution in [0.25, 0.3) is 0 Å². The van der Waals surface area contributed by atoms with E-state index in [1.165, 1.54) is 12.4 Å². The molecule has 0 saturated heterocycles. The maximum absolute atomic E-state index is 11.6. The van der Waals surface area contributed by atoms with Crippen LogP contribution in [0.15, 0.2) is 19.0 Å². The van der Waals surface area contributed by atoms with Crippen molar-refractivity contribution in [2.75, 3.05) is 13.2 Å².